The second-order valence-corrected chi connectivity index (χ2v) is 3.07. The molecule has 3 atom stereocenters. The first kappa shape index (κ1) is 11.8. The fourth-order valence-electron chi connectivity index (χ4n) is 1.55. The first-order valence-electron chi connectivity index (χ1n) is 4.19. The van der Waals surface area contributed by atoms with Gasteiger partial charge in [-0.25, -0.2) is 0 Å². The van der Waals surface area contributed by atoms with Crippen molar-refractivity contribution in [3.63, 3.8) is 0 Å². The quantitative estimate of drug-likeness (QED) is 0.223. The van der Waals surface area contributed by atoms with Crippen LogP contribution in [0.5, 0.6) is 0 Å². The summed E-state index contributed by atoms with van der Waals surface area (Å²) in [5, 5.41) is 21.4. The van der Waals surface area contributed by atoms with Gasteiger partial charge in [-0.15, -0.1) is 20.2 Å². The molecule has 0 bridgehead atoms. The minimum Gasteiger partial charge on any atom is -0.308 e. The van der Waals surface area contributed by atoms with Gasteiger partial charge in [0.15, 0.2) is 0 Å². The van der Waals surface area contributed by atoms with E-state index in [1.807, 2.05) is 0 Å². The largest absolute Gasteiger partial charge is 0.308 e. The summed E-state index contributed by atoms with van der Waals surface area (Å²) in [4.78, 5) is 31.2. The number of rotatable bonds is 5. The zero-order valence-corrected chi connectivity index (χ0v) is 7.83. The summed E-state index contributed by atoms with van der Waals surface area (Å²) in [5.74, 6) is 0. The number of hydrogen-bond acceptors (Lipinski definition) is 7. The van der Waals surface area contributed by atoms with Gasteiger partial charge in [-0.2, -0.15) is 0 Å². The summed E-state index contributed by atoms with van der Waals surface area (Å²) < 4.78 is 0. The molecule has 16 heavy (non-hydrogen) atoms. The zero-order valence-electron chi connectivity index (χ0n) is 7.83. The standard InChI is InChI=1S/C5H7N5O6/c6-8-7-3-1-4(15-9(11)12)5(2-3)16-10(13)14/h3-5H,1-2H2/t3?,4-,5+. The minimum absolute atomic E-state index is 0.0174. The van der Waals surface area contributed by atoms with Gasteiger partial charge in [-0.3, -0.25) is 0 Å². The van der Waals surface area contributed by atoms with Gasteiger partial charge in [0.2, 0.25) is 0 Å². The van der Waals surface area contributed by atoms with Crippen LogP contribution in [0.1, 0.15) is 12.8 Å². The van der Waals surface area contributed by atoms with Crippen molar-refractivity contribution in [3.8, 4) is 0 Å². The molecule has 1 saturated carbocycles. The monoisotopic (exact) mass is 233 g/mol. The lowest BCUT2D eigenvalue weighted by Crippen LogP contribution is -2.30. The highest BCUT2D eigenvalue weighted by Crippen LogP contribution is 2.28. The average Bonchev–Trinajstić information content (AvgIpc) is 2.46. The second-order valence-electron chi connectivity index (χ2n) is 3.07. The highest BCUT2D eigenvalue weighted by atomic mass is 17.0. The maximum absolute atomic E-state index is 10.1. The first-order valence-corrected chi connectivity index (χ1v) is 4.19. The van der Waals surface area contributed by atoms with Crippen LogP contribution in [0.25, 0.3) is 10.4 Å². The third-order valence-corrected chi connectivity index (χ3v) is 2.08. The SMILES string of the molecule is [N-]=[N+]=NC1C[C@H](O[N+](=O)[O-])[C@H](O[N+](=O)[O-])C1. The van der Waals surface area contributed by atoms with Crippen LogP contribution in [-0.4, -0.2) is 28.4 Å². The van der Waals surface area contributed by atoms with Crippen LogP contribution in [0.4, 0.5) is 0 Å². The van der Waals surface area contributed by atoms with Crippen LogP contribution < -0.4 is 0 Å². The fraction of sp³-hybridized carbons (Fsp3) is 1.00. The number of hydrogen-bond donors (Lipinski definition) is 0. The Balaban J connectivity index is 2.66. The highest BCUT2D eigenvalue weighted by molar-refractivity contribution is 4.88. The third-order valence-electron chi connectivity index (χ3n) is 2.08. The highest BCUT2D eigenvalue weighted by Gasteiger charge is 2.39. The van der Waals surface area contributed by atoms with Crippen molar-refractivity contribution in [1.29, 1.82) is 0 Å². The van der Waals surface area contributed by atoms with Crippen molar-refractivity contribution in [1.82, 2.24) is 0 Å². The number of azide groups is 1. The number of nitrogens with zero attached hydrogens (tertiary/aromatic N) is 5. The van der Waals surface area contributed by atoms with Crippen molar-refractivity contribution in [3.05, 3.63) is 30.7 Å². The summed E-state index contributed by atoms with van der Waals surface area (Å²) in [6.07, 6.45) is -2.14. The molecule has 0 N–H and O–H groups in total. The molecule has 0 spiro atoms. The van der Waals surface area contributed by atoms with Crippen LogP contribution in [0.3, 0.4) is 0 Å². The molecule has 1 unspecified atom stereocenters. The van der Waals surface area contributed by atoms with Gasteiger partial charge in [0.25, 0.3) is 10.2 Å². The van der Waals surface area contributed by atoms with Crippen molar-refractivity contribution >= 4 is 0 Å². The van der Waals surface area contributed by atoms with Crippen LogP contribution in [0, 0.1) is 20.2 Å². The summed E-state index contributed by atoms with van der Waals surface area (Å²) in [6, 6.07) is -0.597. The lowest BCUT2D eigenvalue weighted by molar-refractivity contribution is -0.797. The zero-order chi connectivity index (χ0) is 12.1. The van der Waals surface area contributed by atoms with Crippen LogP contribution >= 0.6 is 0 Å². The molecule has 0 saturated heterocycles. The average molecular weight is 233 g/mol. The Kier molecular flexibility index (Phi) is 3.67. The van der Waals surface area contributed by atoms with Gasteiger partial charge in [0.05, 0.1) is 0 Å². The van der Waals surface area contributed by atoms with Crippen molar-refractivity contribution in [2.45, 2.75) is 31.1 Å². The molecular weight excluding hydrogens is 226 g/mol. The van der Waals surface area contributed by atoms with Gasteiger partial charge < -0.3 is 9.68 Å². The predicted molar refractivity (Wildman–Crippen MR) is 45.9 cm³/mol. The molecule has 1 fully saturated rings. The molecule has 1 rings (SSSR count). The van der Waals surface area contributed by atoms with E-state index >= 15 is 0 Å². The Morgan fingerprint density at radius 3 is 1.94 bits per heavy atom. The lowest BCUT2D eigenvalue weighted by Gasteiger charge is -2.14. The Labute approximate surface area is 87.8 Å². The second kappa shape index (κ2) is 4.98. The van der Waals surface area contributed by atoms with E-state index in [1.54, 1.807) is 0 Å². The molecule has 1 aliphatic rings. The molecule has 0 aromatic heterocycles. The van der Waals surface area contributed by atoms with E-state index in [0.29, 0.717) is 0 Å². The molecular formula is C5H7N5O6. The van der Waals surface area contributed by atoms with E-state index in [0.717, 1.165) is 0 Å². The Bertz CT molecular complexity index is 316. The Morgan fingerprint density at radius 1 is 1.19 bits per heavy atom. The fourth-order valence-corrected chi connectivity index (χ4v) is 1.55. The van der Waals surface area contributed by atoms with E-state index in [9.17, 15) is 20.2 Å². The maximum Gasteiger partial charge on any atom is 0.294 e. The minimum atomic E-state index is -1.09. The molecule has 0 radical (unpaired) electrons. The summed E-state index contributed by atoms with van der Waals surface area (Å²) >= 11 is 0. The van der Waals surface area contributed by atoms with E-state index in [-0.39, 0.29) is 12.8 Å². The van der Waals surface area contributed by atoms with E-state index in [4.69, 9.17) is 5.53 Å². The van der Waals surface area contributed by atoms with Gasteiger partial charge in [0.1, 0.15) is 12.2 Å². The molecule has 11 nitrogen and oxygen atoms in total. The van der Waals surface area contributed by atoms with Crippen molar-refractivity contribution in [2.75, 3.05) is 0 Å². The molecule has 0 amide bonds. The Hall–Kier alpha value is -2.29. The molecule has 0 aromatic rings. The summed E-state index contributed by atoms with van der Waals surface area (Å²) in [6.45, 7) is 0. The molecule has 1 aliphatic carbocycles. The molecule has 0 aromatic carbocycles. The predicted octanol–water partition coefficient (Wildman–Crippen LogP) is 0.613. The molecule has 88 valence electrons. The maximum atomic E-state index is 10.1. The first-order chi connectivity index (χ1) is 7.52. The normalized spacial score (nSPS) is 27.9. The molecule has 0 heterocycles. The molecule has 0 aliphatic heterocycles. The van der Waals surface area contributed by atoms with Crippen LogP contribution in [-0.2, 0) is 9.68 Å². The van der Waals surface area contributed by atoms with Gasteiger partial charge >= 0.3 is 0 Å². The summed E-state index contributed by atoms with van der Waals surface area (Å²) in [7, 11) is 0. The smallest absolute Gasteiger partial charge is 0.294 e. The van der Waals surface area contributed by atoms with Crippen LogP contribution in [0.15, 0.2) is 5.11 Å². The van der Waals surface area contributed by atoms with Gasteiger partial charge in [-0.05, 0) is 18.4 Å². The van der Waals surface area contributed by atoms with E-state index < -0.39 is 28.4 Å². The third kappa shape index (κ3) is 3.13. The summed E-state index contributed by atoms with van der Waals surface area (Å²) in [5.41, 5.74) is 8.17. The molecule has 11 heteroatoms. The van der Waals surface area contributed by atoms with Gasteiger partial charge in [0, 0.05) is 11.0 Å². The topological polar surface area (TPSA) is 154 Å². The lowest BCUT2D eigenvalue weighted by atomic mass is 10.3. The van der Waals surface area contributed by atoms with Crippen molar-refractivity contribution < 1.29 is 19.8 Å². The Morgan fingerprint density at radius 2 is 1.62 bits per heavy atom. The van der Waals surface area contributed by atoms with Crippen molar-refractivity contribution in [2.24, 2.45) is 5.11 Å². The van der Waals surface area contributed by atoms with E-state index in [2.05, 4.69) is 19.7 Å². The van der Waals surface area contributed by atoms with E-state index in [1.165, 1.54) is 0 Å². The van der Waals surface area contributed by atoms with Gasteiger partial charge in [-0.1, -0.05) is 5.11 Å². The van der Waals surface area contributed by atoms with Crippen LogP contribution in [0.2, 0.25) is 0 Å².